The van der Waals surface area contributed by atoms with Crippen LogP contribution < -0.4 is 26.1 Å². The number of piperidine rings is 2. The predicted octanol–water partition coefficient (Wildman–Crippen LogP) is 6.22. The zero-order valence-electron chi connectivity index (χ0n) is 44.2. The number of carbonyl (C=O) groups excluding carboxylic acids is 4. The number of benzene rings is 3. The first-order chi connectivity index (χ1) is 35.7. The summed E-state index contributed by atoms with van der Waals surface area (Å²) in [6, 6.07) is 9.45. The number of allylic oxidation sites excluding steroid dienone is 3. The van der Waals surface area contributed by atoms with Gasteiger partial charge in [-0.05, 0) is 63.7 Å². The molecule has 0 radical (unpaired) electrons. The number of hydrogen-bond acceptors (Lipinski definition) is 16. The van der Waals surface area contributed by atoms with Crippen molar-refractivity contribution in [3.63, 3.8) is 0 Å². The normalized spacial score (nSPS) is 28.0. The van der Waals surface area contributed by atoms with Crippen LogP contribution in [0.1, 0.15) is 115 Å². The minimum atomic E-state index is -1.96. The van der Waals surface area contributed by atoms with Crippen molar-refractivity contribution in [2.75, 3.05) is 43.4 Å². The van der Waals surface area contributed by atoms with E-state index in [1.54, 1.807) is 76.0 Å². The van der Waals surface area contributed by atoms with Crippen LogP contribution in [0.2, 0.25) is 0 Å². The van der Waals surface area contributed by atoms with Gasteiger partial charge in [-0.3, -0.25) is 29.2 Å². The fourth-order valence-electron chi connectivity index (χ4n) is 11.0. The summed E-state index contributed by atoms with van der Waals surface area (Å²) in [5, 5.41) is 63.6. The van der Waals surface area contributed by atoms with E-state index in [9.17, 15) is 44.9 Å². The molecule has 2 unspecified atom stereocenters. The number of aromatic hydroxyl groups is 2. The second kappa shape index (κ2) is 22.2. The van der Waals surface area contributed by atoms with E-state index in [1.165, 1.54) is 13.2 Å². The van der Waals surface area contributed by atoms with Gasteiger partial charge in [0.05, 0.1) is 46.0 Å². The molecule has 1 spiro atoms. The maximum absolute atomic E-state index is 14.8. The molecule has 2 saturated heterocycles. The van der Waals surface area contributed by atoms with E-state index in [-0.39, 0.29) is 74.3 Å². The van der Waals surface area contributed by atoms with Crippen LogP contribution in [0, 0.1) is 41.9 Å². The maximum atomic E-state index is 14.8. The van der Waals surface area contributed by atoms with Gasteiger partial charge in [0.2, 0.25) is 5.91 Å². The molecule has 6 aliphatic rings. The number of Topliss-reactive ketones (excluding diaryl/α,β-unsaturated/α-hetero) is 1. The van der Waals surface area contributed by atoms with E-state index in [2.05, 4.69) is 35.5 Å². The highest BCUT2D eigenvalue weighted by Gasteiger charge is 2.50. The summed E-state index contributed by atoms with van der Waals surface area (Å²) in [4.78, 5) is 70.3. The number of nitrogens with one attached hydrogen (secondary N) is 2. The summed E-state index contributed by atoms with van der Waals surface area (Å²) < 4.78 is 18.4. The number of amides is 2. The van der Waals surface area contributed by atoms with Crippen molar-refractivity contribution >= 4 is 45.7 Å². The van der Waals surface area contributed by atoms with Crippen molar-refractivity contribution in [1.82, 2.24) is 9.80 Å². The number of aliphatic hydroxyl groups is 2. The number of phenols is 2. The first-order valence-corrected chi connectivity index (χ1v) is 26.2. The molecule has 18 nitrogen and oxygen atoms in total. The number of fused-ring (bicyclic) bond motifs is 13. The minimum Gasteiger partial charge on any atom is -0.507 e. The van der Waals surface area contributed by atoms with Gasteiger partial charge in [-0.2, -0.15) is 5.26 Å². The summed E-state index contributed by atoms with van der Waals surface area (Å²) in [6.45, 7) is 17.1. The molecule has 7 atom stereocenters. The molecule has 0 aliphatic carbocycles. The third kappa shape index (κ3) is 11.1. The molecule has 18 heteroatoms. The zero-order valence-corrected chi connectivity index (χ0v) is 44.2. The predicted molar refractivity (Wildman–Crippen MR) is 280 cm³/mol. The highest BCUT2D eigenvalue weighted by Crippen LogP contribution is 2.50. The minimum absolute atomic E-state index is 0.0294. The first-order valence-electron chi connectivity index (χ1n) is 26.2. The van der Waals surface area contributed by atoms with Gasteiger partial charge in [0.25, 0.3) is 11.7 Å². The number of aliphatic hydroxyl groups excluding tert-OH is 2. The first kappa shape index (κ1) is 54.5. The Balaban J connectivity index is 1.08. The summed E-state index contributed by atoms with van der Waals surface area (Å²) in [5.74, 6) is -6.72. The van der Waals surface area contributed by atoms with Crippen LogP contribution in [0.4, 0.5) is 11.4 Å². The fourth-order valence-corrected chi connectivity index (χ4v) is 11.0. The molecule has 6 aliphatic heterocycles. The fraction of sp³-hybridized carbons (Fsp3) is 0.526. The van der Waals surface area contributed by atoms with E-state index in [1.807, 2.05) is 12.1 Å². The number of rotatable bonds is 7. The number of hydrogen-bond donors (Lipinski definition) is 6. The largest absolute Gasteiger partial charge is 0.507 e. The average molecular weight is 1030 g/mol. The van der Waals surface area contributed by atoms with Gasteiger partial charge in [0.15, 0.2) is 11.4 Å². The molecule has 5 bridgehead atoms. The van der Waals surface area contributed by atoms with Crippen molar-refractivity contribution < 1.29 is 53.8 Å². The Labute approximate surface area is 437 Å². The van der Waals surface area contributed by atoms with Gasteiger partial charge >= 0.3 is 11.8 Å². The molecule has 0 aromatic heterocycles. The third-order valence-electron chi connectivity index (χ3n) is 15.6. The van der Waals surface area contributed by atoms with Crippen molar-refractivity contribution in [1.29, 1.82) is 5.26 Å². The molecule has 2 amide bonds. The van der Waals surface area contributed by atoms with Crippen molar-refractivity contribution in [2.24, 2.45) is 33.7 Å². The molecule has 2 fully saturated rings. The Bertz CT molecular complexity index is 3000. The van der Waals surface area contributed by atoms with Gasteiger partial charge in [0.1, 0.15) is 41.1 Å². The highest BCUT2D eigenvalue weighted by molar-refractivity contribution is 6.19. The van der Waals surface area contributed by atoms with Crippen molar-refractivity contribution in [2.45, 2.75) is 136 Å². The smallest absolute Gasteiger partial charge is 0.315 e. The topological polar surface area (TPSA) is 256 Å². The second-order valence-corrected chi connectivity index (χ2v) is 21.6. The van der Waals surface area contributed by atoms with Crippen LogP contribution >= 0.6 is 0 Å². The number of nitrogens with zero attached hydrogens (tertiary/aromatic N) is 5. The zero-order chi connectivity index (χ0) is 54.1. The molecule has 6 heterocycles. The number of ketones is 1. The van der Waals surface area contributed by atoms with E-state index >= 15 is 0 Å². The molecule has 75 heavy (non-hydrogen) atoms. The third-order valence-corrected chi connectivity index (χ3v) is 15.6. The number of ether oxygens (including phenoxy) is 3. The quantitative estimate of drug-likeness (QED) is 0.0873. The maximum Gasteiger partial charge on any atom is 0.315 e. The van der Waals surface area contributed by atoms with Crippen LogP contribution in [0.3, 0.4) is 0 Å². The number of para-hydroxylation sites is 1. The van der Waals surface area contributed by atoms with Gasteiger partial charge < -0.3 is 55.1 Å². The van der Waals surface area contributed by atoms with E-state index in [0.29, 0.717) is 63.3 Å². The second-order valence-electron chi connectivity index (χ2n) is 21.6. The monoisotopic (exact) mass is 1030 g/mol. The summed E-state index contributed by atoms with van der Waals surface area (Å²) in [5.41, 5.74) is 0.620. The molecule has 400 valence electrons. The Kier molecular flexibility index (Phi) is 16.1. The van der Waals surface area contributed by atoms with Crippen LogP contribution in [0.25, 0.3) is 10.8 Å². The van der Waals surface area contributed by atoms with E-state index < -0.39 is 83.3 Å². The number of nitriles is 1. The summed E-state index contributed by atoms with van der Waals surface area (Å²) in [6.07, 6.45) is 6.72. The lowest BCUT2D eigenvalue weighted by Crippen LogP contribution is -2.44. The van der Waals surface area contributed by atoms with E-state index in [0.717, 1.165) is 12.2 Å². The molecule has 6 N–H and O–H groups in total. The van der Waals surface area contributed by atoms with Crippen LogP contribution in [0.15, 0.2) is 70.4 Å². The van der Waals surface area contributed by atoms with Gasteiger partial charge in [0, 0.05) is 92.8 Å². The lowest BCUT2D eigenvalue weighted by molar-refractivity contribution is -0.159. The lowest BCUT2D eigenvalue weighted by Gasteiger charge is -2.36. The molecule has 9 rings (SSSR count). The van der Waals surface area contributed by atoms with Crippen molar-refractivity contribution in [3.8, 4) is 23.3 Å². The number of phenolic OH excluding ortho intramolecular Hbond substituents is 2. The Morgan fingerprint density at radius 1 is 0.960 bits per heavy atom. The highest BCUT2D eigenvalue weighted by atomic mass is 16.7. The van der Waals surface area contributed by atoms with Crippen LogP contribution in [0.5, 0.6) is 17.2 Å². The van der Waals surface area contributed by atoms with E-state index in [4.69, 9.17) is 24.2 Å². The number of esters is 1. The Hall–Kier alpha value is -6.81. The molecule has 3 aromatic rings. The van der Waals surface area contributed by atoms with Gasteiger partial charge in [-0.25, -0.2) is 0 Å². The van der Waals surface area contributed by atoms with Gasteiger partial charge in [-0.1, -0.05) is 65.0 Å². The Morgan fingerprint density at radius 2 is 1.65 bits per heavy atom. The Morgan fingerprint density at radius 3 is 2.35 bits per heavy atom. The summed E-state index contributed by atoms with van der Waals surface area (Å²) in [7, 11) is 0. The summed E-state index contributed by atoms with van der Waals surface area (Å²) >= 11 is 0. The number of likely N-dealkylation sites (tertiary alicyclic amines) is 2. The van der Waals surface area contributed by atoms with Gasteiger partial charge in [-0.15, -0.1) is 0 Å². The SMILES string of the molecule is C/C1=C/C=C/C(C)[C@H](O)[C@@H](C)C(O)[C@@H](C)[C@H](OC(=O)CC(=O)N2CCC(Nc3ccccc3C#N)CC2)CC/C=C/O[C@@]2(C)Oc3c(C)c(O)c4c(O)c(c5c(c4c3C2=O)=NC2(CCN(CC(C)C)CC2)N=5)NC1=O. The average Bonchev–Trinajstić information content (AvgIpc) is 3.95. The van der Waals surface area contributed by atoms with Crippen LogP contribution in [-0.4, -0.2) is 122 Å². The van der Waals surface area contributed by atoms with Crippen LogP contribution in [-0.2, 0) is 23.9 Å². The standard InChI is InChI=1S/C57H71N7O11/c1-31(2)30-63-25-21-57(22-26-63)61-46-43-44-51(69)36(7)53-45(43)54(71)56(8,75-53)73-27-12-11-18-40(74-42(66)28-41(65)64-23-19-38(20-24-64)59-39-17-10-9-16-37(39)29-58)34(5)50(68)35(6)49(67)32(3)14-13-15-33(4)55(72)60-48(52(44)70)47(46)62-57/h9-10,12-17,27,31-32,34-35,38,40,49-50,59,67-70H,11,18-26,28,30H2,1-8H3,(H,60,72)/b14-13+,27-12+,33-15-/t32?,34-,35+,40+,49-,50?,56-/m0/s1. The molecular weight excluding hydrogens is 959 g/mol. The lowest BCUT2D eigenvalue weighted by atomic mass is 9.81. The number of anilines is 2. The molecule has 3 aromatic carbocycles. The molecular formula is C57H71N7O11. The molecule has 0 saturated carbocycles. The van der Waals surface area contributed by atoms with Crippen molar-refractivity contribution in [3.05, 3.63) is 87.8 Å². The number of carbonyl (C=O) groups is 4.